The van der Waals surface area contributed by atoms with Gasteiger partial charge < -0.3 is 18.9 Å². The van der Waals surface area contributed by atoms with Crippen molar-refractivity contribution in [2.75, 3.05) is 28.4 Å². The van der Waals surface area contributed by atoms with Gasteiger partial charge in [0.15, 0.2) is 29.1 Å². The van der Waals surface area contributed by atoms with Gasteiger partial charge in [-0.2, -0.15) is 9.78 Å². The lowest BCUT2D eigenvalue weighted by atomic mass is 9.95. The molecule has 10 nitrogen and oxygen atoms in total. The van der Waals surface area contributed by atoms with Crippen LogP contribution in [0.25, 0.3) is 0 Å². The summed E-state index contributed by atoms with van der Waals surface area (Å²) in [5.74, 6) is 0.238. The predicted molar refractivity (Wildman–Crippen MR) is 117 cm³/mol. The largest absolute Gasteiger partial charge is 0.493 e. The van der Waals surface area contributed by atoms with E-state index in [0.717, 1.165) is 0 Å². The first-order chi connectivity index (χ1) is 16.5. The van der Waals surface area contributed by atoms with E-state index in [0.29, 0.717) is 48.4 Å². The second-order valence-electron chi connectivity index (χ2n) is 7.08. The Morgan fingerprint density at radius 2 is 1.26 bits per heavy atom. The average Bonchev–Trinajstić information content (AvgIpc) is 2.89. The summed E-state index contributed by atoms with van der Waals surface area (Å²) in [7, 11) is 5.91. The van der Waals surface area contributed by atoms with Crippen LogP contribution in [0.5, 0.6) is 23.0 Å². The normalized spacial score (nSPS) is 15.8. The summed E-state index contributed by atoms with van der Waals surface area (Å²) in [6.07, 6.45) is 3.05. The summed E-state index contributed by atoms with van der Waals surface area (Å²) in [5, 5.41) is 0. The van der Waals surface area contributed by atoms with Gasteiger partial charge in [0, 0.05) is 0 Å². The zero-order valence-corrected chi connectivity index (χ0v) is 19.3. The summed E-state index contributed by atoms with van der Waals surface area (Å²) in [6.45, 7) is 0. The highest BCUT2D eigenvalue weighted by Gasteiger charge is 2.33. The fourth-order valence-electron chi connectivity index (χ4n) is 3.21. The van der Waals surface area contributed by atoms with Crippen molar-refractivity contribution in [2.24, 2.45) is 0 Å². The van der Waals surface area contributed by atoms with Gasteiger partial charge in [-0.25, -0.2) is 9.59 Å². The van der Waals surface area contributed by atoms with Crippen molar-refractivity contribution in [3.8, 4) is 23.0 Å². The van der Waals surface area contributed by atoms with Crippen molar-refractivity contribution >= 4 is 11.9 Å². The molecule has 1 aliphatic carbocycles. The lowest BCUT2D eigenvalue weighted by Gasteiger charge is -2.26. The summed E-state index contributed by atoms with van der Waals surface area (Å²) >= 11 is 0. The van der Waals surface area contributed by atoms with E-state index in [-0.39, 0.29) is 11.1 Å². The molecule has 3 rings (SSSR count). The minimum absolute atomic E-state index is 0.206. The first-order valence-electron chi connectivity index (χ1n) is 10.4. The monoisotopic (exact) mass is 474 g/mol. The molecule has 0 amide bonds. The summed E-state index contributed by atoms with van der Waals surface area (Å²) in [4.78, 5) is 45.4. The van der Waals surface area contributed by atoms with Crippen LogP contribution in [0.2, 0.25) is 0 Å². The summed E-state index contributed by atoms with van der Waals surface area (Å²) in [6, 6.07) is 9.15. The Bertz CT molecular complexity index is 910. The second kappa shape index (κ2) is 12.1. The van der Waals surface area contributed by atoms with Crippen molar-refractivity contribution in [3.05, 3.63) is 60.0 Å². The number of carbonyl (C=O) groups is 2. The third-order valence-electron chi connectivity index (χ3n) is 5.04. The molecule has 0 aromatic heterocycles. The van der Waals surface area contributed by atoms with E-state index in [1.165, 1.54) is 52.7 Å². The molecule has 0 aliphatic heterocycles. The molecule has 34 heavy (non-hydrogen) atoms. The molecule has 182 valence electrons. The topological polar surface area (TPSA) is 108 Å². The SMILES string of the molecule is COc1ccc(C(=O)OO[C]2CC[CH]CC2OOC(=O)c2ccc(OC)c(OC)c2)cc1OC. The van der Waals surface area contributed by atoms with Gasteiger partial charge in [0.2, 0.25) is 0 Å². The second-order valence-corrected chi connectivity index (χ2v) is 7.08. The number of rotatable bonds is 10. The molecule has 1 aliphatic rings. The van der Waals surface area contributed by atoms with Gasteiger partial charge in [0.05, 0.1) is 39.6 Å². The third kappa shape index (κ3) is 6.09. The maximum Gasteiger partial charge on any atom is 0.373 e. The highest BCUT2D eigenvalue weighted by Crippen LogP contribution is 2.32. The standard InChI is InChI=1S/C24H26O10/c1-27-17-11-9-15(13-21(17)29-3)23(25)33-31-19-7-5-6-8-20(19)32-34-24(26)16-10-12-18(28-2)22(14-16)30-4/h5,9-14,19H,6-8H2,1-4H3. The number of hydrogen-bond acceptors (Lipinski definition) is 10. The van der Waals surface area contributed by atoms with Crippen LogP contribution in [0.1, 0.15) is 40.0 Å². The molecule has 0 spiro atoms. The van der Waals surface area contributed by atoms with Crippen molar-refractivity contribution in [1.29, 1.82) is 0 Å². The molecule has 0 N–H and O–H groups in total. The van der Waals surface area contributed by atoms with E-state index < -0.39 is 18.0 Å². The van der Waals surface area contributed by atoms with Crippen molar-refractivity contribution in [1.82, 2.24) is 0 Å². The Labute approximate surface area is 197 Å². The van der Waals surface area contributed by atoms with Crippen molar-refractivity contribution in [3.63, 3.8) is 0 Å². The molecule has 10 heteroatoms. The summed E-state index contributed by atoms with van der Waals surface area (Å²) < 4.78 is 20.7. The van der Waals surface area contributed by atoms with E-state index in [1.807, 2.05) is 6.42 Å². The molecular weight excluding hydrogens is 448 g/mol. The van der Waals surface area contributed by atoms with Gasteiger partial charge in [-0.05, 0) is 62.1 Å². The summed E-state index contributed by atoms with van der Waals surface area (Å²) in [5.41, 5.74) is 0.415. The van der Waals surface area contributed by atoms with Crippen LogP contribution in [0.15, 0.2) is 36.4 Å². The number of benzene rings is 2. The van der Waals surface area contributed by atoms with E-state index in [9.17, 15) is 9.59 Å². The zero-order valence-electron chi connectivity index (χ0n) is 19.3. The van der Waals surface area contributed by atoms with E-state index in [4.69, 9.17) is 38.5 Å². The van der Waals surface area contributed by atoms with E-state index in [2.05, 4.69) is 0 Å². The predicted octanol–water partition coefficient (Wildman–Crippen LogP) is 3.89. The number of ether oxygens (including phenoxy) is 4. The first-order valence-corrected chi connectivity index (χ1v) is 10.4. The Morgan fingerprint density at radius 1 is 0.735 bits per heavy atom. The number of hydrogen-bond donors (Lipinski definition) is 0. The van der Waals surface area contributed by atoms with Gasteiger partial charge >= 0.3 is 11.9 Å². The molecule has 0 heterocycles. The maximum atomic E-state index is 12.4. The fraction of sp³-hybridized carbons (Fsp3) is 0.333. The first kappa shape index (κ1) is 25.1. The Hall–Kier alpha value is -3.50. The molecule has 1 atom stereocenters. The van der Waals surface area contributed by atoms with Crippen molar-refractivity contribution in [2.45, 2.75) is 25.4 Å². The molecular formula is C24H26O10. The minimum atomic E-state index is -0.740. The lowest BCUT2D eigenvalue weighted by molar-refractivity contribution is -0.317. The molecule has 2 aromatic carbocycles. The van der Waals surface area contributed by atoms with Crippen LogP contribution in [-0.4, -0.2) is 46.5 Å². The third-order valence-corrected chi connectivity index (χ3v) is 5.04. The van der Waals surface area contributed by atoms with Gasteiger partial charge in [0.1, 0.15) is 6.10 Å². The van der Waals surface area contributed by atoms with E-state index in [1.54, 1.807) is 12.1 Å². The van der Waals surface area contributed by atoms with Gasteiger partial charge in [-0.15, -0.1) is 0 Å². The highest BCUT2D eigenvalue weighted by atomic mass is 17.2. The Morgan fingerprint density at radius 3 is 1.79 bits per heavy atom. The van der Waals surface area contributed by atoms with Crippen LogP contribution in [0, 0.1) is 12.5 Å². The van der Waals surface area contributed by atoms with Gasteiger partial charge in [-0.1, -0.05) is 0 Å². The molecule has 0 saturated heterocycles. The Kier molecular flexibility index (Phi) is 8.94. The smallest absolute Gasteiger partial charge is 0.373 e. The van der Waals surface area contributed by atoms with E-state index >= 15 is 0 Å². The van der Waals surface area contributed by atoms with Gasteiger partial charge in [-0.3, -0.25) is 9.78 Å². The molecule has 1 unspecified atom stereocenters. The quantitative estimate of drug-likeness (QED) is 0.372. The maximum absolute atomic E-state index is 12.4. The average molecular weight is 474 g/mol. The van der Waals surface area contributed by atoms with Crippen LogP contribution in [0.3, 0.4) is 0 Å². The Balaban J connectivity index is 1.57. The van der Waals surface area contributed by atoms with Crippen LogP contribution >= 0.6 is 0 Å². The lowest BCUT2D eigenvalue weighted by Crippen LogP contribution is -2.30. The molecule has 1 fully saturated rings. The zero-order chi connectivity index (χ0) is 24.5. The molecule has 0 bridgehead atoms. The van der Waals surface area contributed by atoms with Gasteiger partial charge in [0.25, 0.3) is 0 Å². The molecule has 2 aromatic rings. The van der Waals surface area contributed by atoms with Crippen molar-refractivity contribution < 1.29 is 48.1 Å². The van der Waals surface area contributed by atoms with Crippen LogP contribution in [-0.2, 0) is 19.6 Å². The molecule has 2 radical (unpaired) electrons. The van der Waals surface area contributed by atoms with Crippen LogP contribution in [0.4, 0.5) is 0 Å². The minimum Gasteiger partial charge on any atom is -0.493 e. The van der Waals surface area contributed by atoms with Crippen LogP contribution < -0.4 is 18.9 Å². The number of methoxy groups -OCH3 is 4. The number of carbonyl (C=O) groups excluding carboxylic acids is 2. The highest BCUT2D eigenvalue weighted by molar-refractivity contribution is 5.90. The molecule has 1 saturated carbocycles. The fourth-order valence-corrected chi connectivity index (χ4v) is 3.21.